The molecule has 0 aromatic heterocycles. The molecule has 0 aliphatic carbocycles. The first-order valence-corrected chi connectivity index (χ1v) is 9.93. The second-order valence-corrected chi connectivity index (χ2v) is 8.66. The van der Waals surface area contributed by atoms with Crippen molar-refractivity contribution < 1.29 is 31.6 Å². The summed E-state index contributed by atoms with van der Waals surface area (Å²) in [5, 5.41) is 3.64. The number of hydroxylamine groups is 2. The second-order valence-electron chi connectivity index (χ2n) is 7.66. The van der Waals surface area contributed by atoms with Crippen LogP contribution in [0.2, 0.25) is 0 Å². The predicted octanol–water partition coefficient (Wildman–Crippen LogP) is -1.62. The summed E-state index contributed by atoms with van der Waals surface area (Å²) < 4.78 is 35.4. The lowest BCUT2D eigenvalue weighted by molar-refractivity contribution is -0.134. The average molecular weight is 405 g/mol. The highest BCUT2D eigenvalue weighted by atomic mass is 32.3. The van der Waals surface area contributed by atoms with Crippen molar-refractivity contribution >= 4 is 28.2 Å². The quantitative estimate of drug-likeness (QED) is 0.321. The van der Waals surface area contributed by atoms with Gasteiger partial charge in [0.05, 0.1) is 12.0 Å². The lowest BCUT2D eigenvalue weighted by Crippen LogP contribution is -2.57. The molecule has 0 saturated carbocycles. The minimum atomic E-state index is -4.88. The van der Waals surface area contributed by atoms with E-state index in [0.29, 0.717) is 18.0 Å². The Hall–Kier alpha value is -1.96. The molecular weight excluding hydrogens is 382 g/mol. The molecule has 0 radical (unpaired) electrons. The summed E-state index contributed by atoms with van der Waals surface area (Å²) in [4.78, 5) is 38.2. The molecule has 3 rings (SSSR count). The van der Waals surface area contributed by atoms with E-state index < -0.39 is 39.8 Å². The molecule has 3 heterocycles. The maximum absolute atomic E-state index is 12.6. The zero-order valence-electron chi connectivity index (χ0n) is 15.0. The fraction of sp³-hybridized carbons (Fsp3) is 0.786. The summed E-state index contributed by atoms with van der Waals surface area (Å²) in [6.45, 7) is 4.84. The van der Waals surface area contributed by atoms with Crippen molar-refractivity contribution in [3.05, 3.63) is 0 Å². The van der Waals surface area contributed by atoms with Crippen molar-refractivity contribution in [2.45, 2.75) is 38.8 Å². The number of urea groups is 1. The lowest BCUT2D eigenvalue weighted by Gasteiger charge is -2.40. The molecule has 152 valence electrons. The van der Waals surface area contributed by atoms with Gasteiger partial charge in [-0.3, -0.25) is 25.0 Å². The summed E-state index contributed by atoms with van der Waals surface area (Å²) in [5.74, 6) is -1.13. The van der Waals surface area contributed by atoms with Crippen molar-refractivity contribution in [1.82, 2.24) is 26.1 Å². The molecule has 0 spiro atoms. The van der Waals surface area contributed by atoms with E-state index in [2.05, 4.69) is 20.5 Å². The molecule has 13 heteroatoms. The monoisotopic (exact) mass is 405 g/mol. The van der Waals surface area contributed by atoms with Crippen LogP contribution in [-0.2, 0) is 24.3 Å². The maximum Gasteiger partial charge on any atom is 0.418 e. The Bertz CT molecular complexity index is 749. The maximum atomic E-state index is 12.6. The van der Waals surface area contributed by atoms with Gasteiger partial charge in [-0.05, 0) is 24.8 Å². The van der Waals surface area contributed by atoms with E-state index in [1.807, 2.05) is 0 Å². The second kappa shape index (κ2) is 6.89. The van der Waals surface area contributed by atoms with E-state index in [1.54, 1.807) is 13.8 Å². The first-order valence-electron chi connectivity index (χ1n) is 8.57. The first-order chi connectivity index (χ1) is 12.5. The summed E-state index contributed by atoms with van der Waals surface area (Å²) in [6, 6.07) is -2.41. The van der Waals surface area contributed by atoms with Gasteiger partial charge >= 0.3 is 16.4 Å². The lowest BCUT2D eigenvalue weighted by atomic mass is 9.76. The number of piperidine rings is 1. The van der Waals surface area contributed by atoms with Gasteiger partial charge in [0.2, 0.25) is 5.91 Å². The molecule has 4 N–H and O–H groups in total. The van der Waals surface area contributed by atoms with E-state index in [1.165, 1.54) is 4.90 Å². The summed E-state index contributed by atoms with van der Waals surface area (Å²) in [5.41, 5.74) is 4.05. The Balaban J connectivity index is 1.69. The van der Waals surface area contributed by atoms with E-state index in [-0.39, 0.29) is 24.8 Å². The van der Waals surface area contributed by atoms with Gasteiger partial charge in [0.1, 0.15) is 6.04 Å². The molecule has 0 aromatic rings. The molecule has 0 aromatic carbocycles. The highest BCUT2D eigenvalue weighted by molar-refractivity contribution is 7.80. The number of hydrazine groups is 1. The third-order valence-corrected chi connectivity index (χ3v) is 5.65. The van der Waals surface area contributed by atoms with Crippen LogP contribution in [0.25, 0.3) is 0 Å². The van der Waals surface area contributed by atoms with Gasteiger partial charge in [-0.15, -0.1) is 4.28 Å². The van der Waals surface area contributed by atoms with Crippen LogP contribution in [0, 0.1) is 11.3 Å². The number of hydrogen-bond donors (Lipinski definition) is 4. The van der Waals surface area contributed by atoms with E-state index in [0.717, 1.165) is 6.54 Å². The fourth-order valence-corrected chi connectivity index (χ4v) is 4.15. The number of rotatable bonds is 4. The highest BCUT2D eigenvalue weighted by Crippen LogP contribution is 2.42. The minimum Gasteiger partial charge on any atom is -0.316 e. The fourth-order valence-electron chi connectivity index (χ4n) is 3.77. The van der Waals surface area contributed by atoms with Gasteiger partial charge in [0.25, 0.3) is 5.91 Å². The largest absolute Gasteiger partial charge is 0.418 e. The minimum absolute atomic E-state index is 0.0555. The molecular formula is C14H23N5O7S. The van der Waals surface area contributed by atoms with Crippen molar-refractivity contribution in [1.29, 1.82) is 0 Å². The highest BCUT2D eigenvalue weighted by Gasteiger charge is 2.56. The van der Waals surface area contributed by atoms with Crippen LogP contribution in [0.3, 0.4) is 0 Å². The van der Waals surface area contributed by atoms with Crippen molar-refractivity contribution in [3.63, 3.8) is 0 Å². The van der Waals surface area contributed by atoms with Crippen molar-refractivity contribution in [3.8, 4) is 0 Å². The SMILES string of the molecule is CC1(C)CC(C(=O)NNC(=O)C2CCNC2)N2CC1N(OS(=O)(=O)O)C2=O. The Morgan fingerprint density at radius 3 is 2.56 bits per heavy atom. The number of fused-ring (bicyclic) bond motifs is 2. The number of carbonyl (C=O) groups excluding carboxylic acids is 3. The number of nitrogens with one attached hydrogen (secondary N) is 3. The van der Waals surface area contributed by atoms with Crippen LogP contribution in [0.1, 0.15) is 26.7 Å². The number of carbonyl (C=O) groups is 3. The standard InChI is InChI=1S/C14H23N5O7S/c1-14(2)5-9(12(21)17-16-11(20)8-3-4-15-6-8)18-7-10(14)19(13(18)22)26-27(23,24)25/h8-10,15H,3-7H2,1-2H3,(H,16,20)(H,17,21)(H,23,24,25). The predicted molar refractivity (Wildman–Crippen MR) is 89.8 cm³/mol. The topological polar surface area (TPSA) is 157 Å². The van der Waals surface area contributed by atoms with Gasteiger partial charge in [-0.2, -0.15) is 13.5 Å². The van der Waals surface area contributed by atoms with Crippen LogP contribution in [-0.4, -0.2) is 72.5 Å². The molecule has 3 atom stereocenters. The van der Waals surface area contributed by atoms with Gasteiger partial charge in [-0.1, -0.05) is 13.8 Å². The van der Waals surface area contributed by atoms with Crippen LogP contribution in [0.15, 0.2) is 0 Å². The van der Waals surface area contributed by atoms with Crippen molar-refractivity contribution in [2.24, 2.45) is 11.3 Å². The number of nitrogens with zero attached hydrogens (tertiary/aromatic N) is 2. The smallest absolute Gasteiger partial charge is 0.316 e. The van der Waals surface area contributed by atoms with E-state index in [9.17, 15) is 22.8 Å². The Morgan fingerprint density at radius 1 is 1.30 bits per heavy atom. The zero-order chi connectivity index (χ0) is 20.0. The molecule has 3 fully saturated rings. The number of amides is 4. The third kappa shape index (κ3) is 4.00. The normalized spacial score (nSPS) is 29.7. The molecule has 4 amide bonds. The molecule has 2 bridgehead atoms. The van der Waals surface area contributed by atoms with Crippen LogP contribution in [0.4, 0.5) is 4.79 Å². The molecule has 3 saturated heterocycles. The molecule has 3 aliphatic rings. The van der Waals surface area contributed by atoms with Gasteiger partial charge in [-0.25, -0.2) is 4.79 Å². The van der Waals surface area contributed by atoms with Crippen LogP contribution in [0.5, 0.6) is 0 Å². The van der Waals surface area contributed by atoms with Crippen LogP contribution < -0.4 is 16.2 Å². The van der Waals surface area contributed by atoms with Gasteiger partial charge in [0.15, 0.2) is 0 Å². The molecule has 27 heavy (non-hydrogen) atoms. The summed E-state index contributed by atoms with van der Waals surface area (Å²) in [7, 11) is -4.88. The average Bonchev–Trinajstić information content (AvgIpc) is 3.18. The third-order valence-electron chi connectivity index (χ3n) is 5.30. The molecule has 12 nitrogen and oxygen atoms in total. The Morgan fingerprint density at radius 2 is 1.96 bits per heavy atom. The van der Waals surface area contributed by atoms with Gasteiger partial charge in [0, 0.05) is 13.1 Å². The number of hydrogen-bond acceptors (Lipinski definition) is 7. The zero-order valence-corrected chi connectivity index (χ0v) is 15.8. The van der Waals surface area contributed by atoms with Gasteiger partial charge < -0.3 is 10.2 Å². The first kappa shape index (κ1) is 19.8. The van der Waals surface area contributed by atoms with Crippen LogP contribution >= 0.6 is 0 Å². The molecule has 3 aliphatic heterocycles. The van der Waals surface area contributed by atoms with E-state index >= 15 is 0 Å². The van der Waals surface area contributed by atoms with Crippen molar-refractivity contribution in [2.75, 3.05) is 19.6 Å². The summed E-state index contributed by atoms with van der Waals surface area (Å²) >= 11 is 0. The Kier molecular flexibility index (Phi) is 5.05. The molecule has 3 unspecified atom stereocenters. The van der Waals surface area contributed by atoms with E-state index in [4.69, 9.17) is 4.55 Å². The Labute approximate surface area is 156 Å². The summed E-state index contributed by atoms with van der Waals surface area (Å²) in [6.07, 6.45) is 0.897.